The van der Waals surface area contributed by atoms with Crippen LogP contribution in [-0.2, 0) is 11.3 Å². The summed E-state index contributed by atoms with van der Waals surface area (Å²) in [4.78, 5) is 13.9. The quantitative estimate of drug-likeness (QED) is 0.646. The highest BCUT2D eigenvalue weighted by Crippen LogP contribution is 2.24. The van der Waals surface area contributed by atoms with E-state index in [0.717, 1.165) is 0 Å². The monoisotopic (exact) mass is 435 g/mol. The van der Waals surface area contributed by atoms with Gasteiger partial charge >= 0.3 is 6.03 Å². The molecule has 1 heterocycles. The average Bonchev–Trinajstić information content (AvgIpc) is 2.69. The fraction of sp³-hybridized carbons (Fsp3) is 0.409. The van der Waals surface area contributed by atoms with Gasteiger partial charge in [0.2, 0.25) is 0 Å². The van der Waals surface area contributed by atoms with Gasteiger partial charge < -0.3 is 25.0 Å². The number of carbonyl (C=O) groups excluding carboxylic acids is 1. The second-order valence-electron chi connectivity index (χ2n) is 7.36. The Hall–Kier alpha value is -2.51. The predicted molar refractivity (Wildman–Crippen MR) is 116 cm³/mol. The molecule has 1 fully saturated rings. The third-order valence-corrected chi connectivity index (χ3v) is 4.91. The van der Waals surface area contributed by atoms with Crippen molar-refractivity contribution in [3.8, 4) is 5.75 Å². The van der Waals surface area contributed by atoms with E-state index < -0.39 is 0 Å². The molecule has 1 aliphatic rings. The lowest BCUT2D eigenvalue weighted by molar-refractivity contribution is -0.00539. The van der Waals surface area contributed by atoms with E-state index in [1.807, 2.05) is 24.8 Å². The molecule has 0 bridgehead atoms. The van der Waals surface area contributed by atoms with Crippen molar-refractivity contribution >= 4 is 23.3 Å². The zero-order valence-corrected chi connectivity index (χ0v) is 17.9. The SMILES string of the molecule is CC1CN(c2ccc(CNC(=O)NCCOc3cccc(Cl)c3)cc2F)CC(C)O1. The number of hydrogen-bond donors (Lipinski definition) is 2. The first-order chi connectivity index (χ1) is 14.4. The zero-order valence-electron chi connectivity index (χ0n) is 17.2. The Labute approximate surface area is 181 Å². The average molecular weight is 436 g/mol. The molecular weight excluding hydrogens is 409 g/mol. The molecule has 2 atom stereocenters. The number of amides is 2. The maximum atomic E-state index is 14.6. The van der Waals surface area contributed by atoms with E-state index in [0.29, 0.717) is 48.3 Å². The van der Waals surface area contributed by atoms with Crippen LogP contribution in [0.1, 0.15) is 19.4 Å². The highest BCUT2D eigenvalue weighted by Gasteiger charge is 2.24. The second kappa shape index (κ2) is 10.5. The molecule has 2 aromatic rings. The van der Waals surface area contributed by atoms with E-state index in [1.54, 1.807) is 30.3 Å². The van der Waals surface area contributed by atoms with Crippen molar-refractivity contribution in [2.24, 2.45) is 0 Å². The van der Waals surface area contributed by atoms with Gasteiger partial charge in [-0.2, -0.15) is 0 Å². The van der Waals surface area contributed by atoms with Gasteiger partial charge in [-0.25, -0.2) is 9.18 Å². The first-order valence-corrected chi connectivity index (χ1v) is 10.4. The lowest BCUT2D eigenvalue weighted by atomic mass is 10.1. The molecule has 0 radical (unpaired) electrons. The van der Waals surface area contributed by atoms with Crippen LogP contribution >= 0.6 is 11.6 Å². The highest BCUT2D eigenvalue weighted by molar-refractivity contribution is 6.30. The number of carbonyl (C=O) groups is 1. The summed E-state index contributed by atoms with van der Waals surface area (Å²) in [6.07, 6.45) is 0.113. The maximum absolute atomic E-state index is 14.6. The first-order valence-electron chi connectivity index (χ1n) is 9.99. The van der Waals surface area contributed by atoms with Gasteiger partial charge in [-0.15, -0.1) is 0 Å². The molecule has 2 aromatic carbocycles. The number of nitrogens with one attached hydrogen (secondary N) is 2. The van der Waals surface area contributed by atoms with E-state index in [9.17, 15) is 9.18 Å². The summed E-state index contributed by atoms with van der Waals surface area (Å²) in [6, 6.07) is 11.8. The van der Waals surface area contributed by atoms with Crippen LogP contribution in [0.5, 0.6) is 5.75 Å². The molecule has 3 rings (SSSR count). The van der Waals surface area contributed by atoms with Crippen LogP contribution in [0, 0.1) is 5.82 Å². The van der Waals surface area contributed by atoms with E-state index >= 15 is 0 Å². The Kier molecular flexibility index (Phi) is 7.76. The molecule has 1 saturated heterocycles. The second-order valence-corrected chi connectivity index (χ2v) is 7.80. The minimum Gasteiger partial charge on any atom is -0.492 e. The number of rotatable bonds is 7. The van der Waals surface area contributed by atoms with Crippen LogP contribution < -0.4 is 20.3 Å². The molecule has 0 aliphatic carbocycles. The summed E-state index contributed by atoms with van der Waals surface area (Å²) in [6.45, 7) is 6.15. The Morgan fingerprint density at radius 3 is 2.67 bits per heavy atom. The summed E-state index contributed by atoms with van der Waals surface area (Å²) in [5.74, 6) is 0.343. The molecule has 6 nitrogen and oxygen atoms in total. The molecule has 2 amide bonds. The van der Waals surface area contributed by atoms with E-state index in [2.05, 4.69) is 10.6 Å². The number of hydrogen-bond acceptors (Lipinski definition) is 4. The van der Waals surface area contributed by atoms with E-state index in [-0.39, 0.29) is 30.6 Å². The van der Waals surface area contributed by atoms with Crippen LogP contribution in [0.2, 0.25) is 5.02 Å². The topological polar surface area (TPSA) is 62.8 Å². The molecule has 2 N–H and O–H groups in total. The van der Waals surface area contributed by atoms with Gasteiger partial charge in [0.05, 0.1) is 24.4 Å². The van der Waals surface area contributed by atoms with Crippen molar-refractivity contribution in [1.82, 2.24) is 10.6 Å². The summed E-state index contributed by atoms with van der Waals surface area (Å²) in [7, 11) is 0. The molecule has 8 heteroatoms. The van der Waals surface area contributed by atoms with Crippen LogP contribution in [0.4, 0.5) is 14.9 Å². The molecule has 0 saturated carbocycles. The number of anilines is 1. The number of ether oxygens (including phenoxy) is 2. The fourth-order valence-electron chi connectivity index (χ4n) is 3.43. The Morgan fingerprint density at radius 2 is 1.97 bits per heavy atom. The number of nitrogens with zero attached hydrogens (tertiary/aromatic N) is 1. The van der Waals surface area contributed by atoms with E-state index in [4.69, 9.17) is 21.1 Å². The van der Waals surface area contributed by atoms with Crippen molar-refractivity contribution in [2.75, 3.05) is 31.1 Å². The third kappa shape index (κ3) is 6.50. The summed E-state index contributed by atoms with van der Waals surface area (Å²) in [5.41, 5.74) is 1.25. The highest BCUT2D eigenvalue weighted by atomic mass is 35.5. The number of halogens is 2. The zero-order chi connectivity index (χ0) is 21.5. The minimum atomic E-state index is -0.343. The van der Waals surface area contributed by atoms with Crippen LogP contribution in [0.3, 0.4) is 0 Å². The summed E-state index contributed by atoms with van der Waals surface area (Å²) < 4.78 is 25.8. The minimum absolute atomic E-state index is 0.0565. The van der Waals surface area contributed by atoms with Crippen molar-refractivity contribution in [2.45, 2.75) is 32.6 Å². The van der Waals surface area contributed by atoms with Crippen molar-refractivity contribution in [3.63, 3.8) is 0 Å². The molecule has 30 heavy (non-hydrogen) atoms. The molecule has 1 aliphatic heterocycles. The molecular formula is C22H27ClFN3O3. The summed E-state index contributed by atoms with van der Waals surface area (Å²) >= 11 is 5.89. The molecule has 0 aromatic heterocycles. The van der Waals surface area contributed by atoms with Crippen molar-refractivity contribution < 1.29 is 18.7 Å². The predicted octanol–water partition coefficient (Wildman–Crippen LogP) is 3.97. The first kappa shape index (κ1) is 22.2. The van der Waals surface area contributed by atoms with Gasteiger partial charge in [0.1, 0.15) is 18.2 Å². The number of morpholine rings is 1. The van der Waals surface area contributed by atoms with Gasteiger partial charge in [0.15, 0.2) is 0 Å². The van der Waals surface area contributed by atoms with Crippen LogP contribution in [0.15, 0.2) is 42.5 Å². The van der Waals surface area contributed by atoms with Gasteiger partial charge in [-0.05, 0) is 49.7 Å². The number of urea groups is 1. The Balaban J connectivity index is 1.42. The molecule has 0 spiro atoms. The standard InChI is InChI=1S/C22H27ClFN3O3/c1-15-13-27(14-16(2)30-15)21-7-6-17(10-20(21)24)12-26-22(28)25-8-9-29-19-5-3-4-18(23)11-19/h3-7,10-11,15-16H,8-9,12-14H2,1-2H3,(H2,25,26,28). The fourth-order valence-corrected chi connectivity index (χ4v) is 3.61. The Bertz CT molecular complexity index is 857. The summed E-state index contributed by atoms with van der Waals surface area (Å²) in [5, 5.41) is 6.01. The molecule has 162 valence electrons. The van der Waals surface area contributed by atoms with Gasteiger partial charge in [-0.1, -0.05) is 23.7 Å². The van der Waals surface area contributed by atoms with Gasteiger partial charge in [0, 0.05) is 24.7 Å². The Morgan fingerprint density at radius 1 is 1.20 bits per heavy atom. The lowest BCUT2D eigenvalue weighted by Crippen LogP contribution is -2.45. The third-order valence-electron chi connectivity index (χ3n) is 4.68. The normalized spacial score (nSPS) is 18.7. The largest absolute Gasteiger partial charge is 0.492 e. The van der Waals surface area contributed by atoms with Gasteiger partial charge in [-0.3, -0.25) is 0 Å². The van der Waals surface area contributed by atoms with Crippen LogP contribution in [-0.4, -0.2) is 44.5 Å². The smallest absolute Gasteiger partial charge is 0.315 e. The van der Waals surface area contributed by atoms with Crippen LogP contribution in [0.25, 0.3) is 0 Å². The van der Waals surface area contributed by atoms with Crippen molar-refractivity contribution in [1.29, 1.82) is 0 Å². The van der Waals surface area contributed by atoms with Gasteiger partial charge in [0.25, 0.3) is 0 Å². The number of benzene rings is 2. The molecule has 2 unspecified atom stereocenters. The maximum Gasteiger partial charge on any atom is 0.315 e. The van der Waals surface area contributed by atoms with Crippen molar-refractivity contribution in [3.05, 3.63) is 58.9 Å². The lowest BCUT2D eigenvalue weighted by Gasteiger charge is -2.37. The van der Waals surface area contributed by atoms with E-state index in [1.165, 1.54) is 6.07 Å².